The van der Waals surface area contributed by atoms with Gasteiger partial charge in [0.2, 0.25) is 0 Å². The number of amides is 2. The first-order chi connectivity index (χ1) is 14.3. The number of carbonyl (C=O) groups is 2. The summed E-state index contributed by atoms with van der Waals surface area (Å²) in [4.78, 5) is 25.8. The van der Waals surface area contributed by atoms with Crippen LogP contribution in [-0.4, -0.2) is 26.5 Å². The molecule has 154 valence electrons. The van der Waals surface area contributed by atoms with Crippen LogP contribution in [0.1, 0.15) is 22.0 Å². The van der Waals surface area contributed by atoms with E-state index >= 15 is 0 Å². The lowest BCUT2D eigenvalue weighted by atomic mass is 10.0. The molecule has 3 aromatic rings. The second-order valence-electron chi connectivity index (χ2n) is 6.59. The first-order valence-corrected chi connectivity index (χ1v) is 11.2. The van der Waals surface area contributed by atoms with Crippen LogP contribution in [-0.2, 0) is 14.6 Å². The van der Waals surface area contributed by atoms with Gasteiger partial charge in [0.15, 0.2) is 9.84 Å². The molecule has 0 heterocycles. The highest BCUT2D eigenvalue weighted by Gasteiger charge is 2.25. The Kier molecular flexibility index (Phi) is 6.54. The number of hydrogen-bond donors (Lipinski definition) is 2. The van der Waals surface area contributed by atoms with Crippen molar-refractivity contribution in [2.75, 3.05) is 11.6 Å². The molecule has 0 radical (unpaired) electrons. The van der Waals surface area contributed by atoms with Crippen molar-refractivity contribution in [2.45, 2.75) is 10.9 Å². The Morgan fingerprint density at radius 2 is 1.50 bits per heavy atom. The SMILES string of the molecule is CS(=O)(=O)c1ccc(Cl)c(C(=O)NC(C(=O)Nc2ccccc2)c2ccccc2)c1. The van der Waals surface area contributed by atoms with Gasteiger partial charge in [-0.05, 0) is 35.9 Å². The molecule has 0 aromatic heterocycles. The lowest BCUT2D eigenvalue weighted by Gasteiger charge is -2.19. The van der Waals surface area contributed by atoms with Gasteiger partial charge >= 0.3 is 0 Å². The zero-order valence-corrected chi connectivity index (χ0v) is 17.6. The van der Waals surface area contributed by atoms with Crippen molar-refractivity contribution in [3.63, 3.8) is 0 Å². The Labute approximate surface area is 179 Å². The maximum Gasteiger partial charge on any atom is 0.253 e. The van der Waals surface area contributed by atoms with Gasteiger partial charge in [-0.3, -0.25) is 9.59 Å². The fourth-order valence-corrected chi connectivity index (χ4v) is 3.65. The van der Waals surface area contributed by atoms with Gasteiger partial charge in [0.25, 0.3) is 11.8 Å². The standard InChI is InChI=1S/C22H19ClN2O4S/c1-30(28,29)17-12-13-19(23)18(14-17)21(26)25-20(15-8-4-2-5-9-15)22(27)24-16-10-6-3-7-11-16/h2-14,20H,1H3,(H,24,27)(H,25,26). The van der Waals surface area contributed by atoms with Crippen molar-refractivity contribution in [1.29, 1.82) is 0 Å². The molecular weight excluding hydrogens is 424 g/mol. The third-order valence-corrected chi connectivity index (χ3v) is 5.76. The smallest absolute Gasteiger partial charge is 0.253 e. The molecule has 3 rings (SSSR count). The van der Waals surface area contributed by atoms with Gasteiger partial charge in [-0.25, -0.2) is 8.42 Å². The average molecular weight is 443 g/mol. The van der Waals surface area contributed by atoms with Gasteiger partial charge in [-0.1, -0.05) is 60.1 Å². The maximum atomic E-state index is 12.9. The first kappa shape index (κ1) is 21.5. The first-order valence-electron chi connectivity index (χ1n) is 8.97. The third-order valence-electron chi connectivity index (χ3n) is 4.32. The normalized spacial score (nSPS) is 12.1. The summed E-state index contributed by atoms with van der Waals surface area (Å²) >= 11 is 6.12. The van der Waals surface area contributed by atoms with Gasteiger partial charge in [0.05, 0.1) is 15.5 Å². The number of benzene rings is 3. The second kappa shape index (κ2) is 9.11. The highest BCUT2D eigenvalue weighted by Crippen LogP contribution is 2.23. The number of rotatable bonds is 6. The number of carbonyl (C=O) groups excluding carboxylic acids is 2. The molecular formula is C22H19ClN2O4S. The summed E-state index contributed by atoms with van der Waals surface area (Å²) in [5.74, 6) is -1.11. The van der Waals surface area contributed by atoms with Crippen molar-refractivity contribution >= 4 is 38.9 Å². The summed E-state index contributed by atoms with van der Waals surface area (Å²) in [6.45, 7) is 0. The Hall–Kier alpha value is -3.16. The van der Waals surface area contributed by atoms with Crippen LogP contribution in [0, 0.1) is 0 Å². The van der Waals surface area contributed by atoms with Crippen LogP contribution >= 0.6 is 11.6 Å². The lowest BCUT2D eigenvalue weighted by Crippen LogP contribution is -2.37. The van der Waals surface area contributed by atoms with Gasteiger partial charge in [-0.15, -0.1) is 0 Å². The van der Waals surface area contributed by atoms with Crippen LogP contribution in [0.4, 0.5) is 5.69 Å². The van der Waals surface area contributed by atoms with Crippen molar-refractivity contribution in [2.24, 2.45) is 0 Å². The molecule has 3 aromatic carbocycles. The van der Waals surface area contributed by atoms with E-state index in [4.69, 9.17) is 11.6 Å². The Balaban J connectivity index is 1.92. The number of nitrogens with one attached hydrogen (secondary N) is 2. The molecule has 0 aliphatic carbocycles. The van der Waals surface area contributed by atoms with E-state index in [1.807, 2.05) is 6.07 Å². The summed E-state index contributed by atoms with van der Waals surface area (Å²) in [6, 6.07) is 20.4. The number of para-hydroxylation sites is 1. The number of anilines is 1. The minimum Gasteiger partial charge on any atom is -0.336 e. The topological polar surface area (TPSA) is 92.3 Å². The van der Waals surface area contributed by atoms with E-state index in [1.165, 1.54) is 18.2 Å². The molecule has 30 heavy (non-hydrogen) atoms. The molecule has 8 heteroatoms. The third kappa shape index (κ3) is 5.25. The van der Waals surface area contributed by atoms with Gasteiger partial charge in [0.1, 0.15) is 6.04 Å². The molecule has 0 saturated heterocycles. The number of sulfone groups is 1. The largest absolute Gasteiger partial charge is 0.336 e. The summed E-state index contributed by atoms with van der Waals surface area (Å²) in [5, 5.41) is 5.50. The zero-order chi connectivity index (χ0) is 21.7. The molecule has 0 bridgehead atoms. The van der Waals surface area contributed by atoms with Crippen LogP contribution in [0.3, 0.4) is 0 Å². The lowest BCUT2D eigenvalue weighted by molar-refractivity contribution is -0.118. The van der Waals surface area contributed by atoms with E-state index in [0.29, 0.717) is 11.3 Å². The van der Waals surface area contributed by atoms with Gasteiger partial charge in [0, 0.05) is 11.9 Å². The Morgan fingerprint density at radius 3 is 2.10 bits per heavy atom. The van der Waals surface area contributed by atoms with Crippen LogP contribution < -0.4 is 10.6 Å². The van der Waals surface area contributed by atoms with Crippen molar-refractivity contribution in [3.8, 4) is 0 Å². The molecule has 1 atom stereocenters. The van der Waals surface area contributed by atoms with E-state index in [-0.39, 0.29) is 15.5 Å². The predicted octanol–water partition coefficient (Wildman–Crippen LogP) is 3.85. The highest BCUT2D eigenvalue weighted by molar-refractivity contribution is 7.90. The van der Waals surface area contributed by atoms with E-state index < -0.39 is 27.7 Å². The molecule has 0 aliphatic heterocycles. The van der Waals surface area contributed by atoms with Gasteiger partial charge in [-0.2, -0.15) is 0 Å². The fourth-order valence-electron chi connectivity index (χ4n) is 2.80. The predicted molar refractivity (Wildman–Crippen MR) is 116 cm³/mol. The van der Waals surface area contributed by atoms with E-state index in [0.717, 1.165) is 6.26 Å². The minimum atomic E-state index is -3.53. The number of hydrogen-bond acceptors (Lipinski definition) is 4. The zero-order valence-electron chi connectivity index (χ0n) is 16.0. The molecule has 0 spiro atoms. The molecule has 0 aliphatic rings. The highest BCUT2D eigenvalue weighted by atomic mass is 35.5. The van der Waals surface area contributed by atoms with E-state index in [2.05, 4.69) is 10.6 Å². The quantitative estimate of drug-likeness (QED) is 0.606. The van der Waals surface area contributed by atoms with Crippen LogP contribution in [0.15, 0.2) is 83.8 Å². The Morgan fingerprint density at radius 1 is 0.900 bits per heavy atom. The van der Waals surface area contributed by atoms with Crippen LogP contribution in [0.25, 0.3) is 0 Å². The van der Waals surface area contributed by atoms with Crippen molar-refractivity contribution in [3.05, 3.63) is 95.0 Å². The molecule has 2 amide bonds. The summed E-state index contributed by atoms with van der Waals surface area (Å²) in [5.41, 5.74) is 1.11. The van der Waals surface area contributed by atoms with Crippen LogP contribution in [0.2, 0.25) is 5.02 Å². The molecule has 6 nitrogen and oxygen atoms in total. The molecule has 0 saturated carbocycles. The molecule has 2 N–H and O–H groups in total. The molecule has 0 fully saturated rings. The van der Waals surface area contributed by atoms with E-state index in [9.17, 15) is 18.0 Å². The summed E-state index contributed by atoms with van der Waals surface area (Å²) < 4.78 is 23.7. The van der Waals surface area contributed by atoms with Crippen molar-refractivity contribution < 1.29 is 18.0 Å². The average Bonchev–Trinajstić information content (AvgIpc) is 2.72. The Bertz CT molecular complexity index is 1170. The van der Waals surface area contributed by atoms with Crippen molar-refractivity contribution in [1.82, 2.24) is 5.32 Å². The number of halogens is 1. The second-order valence-corrected chi connectivity index (χ2v) is 9.01. The fraction of sp³-hybridized carbons (Fsp3) is 0.0909. The summed E-state index contributed by atoms with van der Waals surface area (Å²) in [6.07, 6.45) is 1.04. The maximum absolute atomic E-state index is 12.9. The van der Waals surface area contributed by atoms with Crippen LogP contribution in [0.5, 0.6) is 0 Å². The summed E-state index contributed by atoms with van der Waals surface area (Å²) in [7, 11) is -3.53. The van der Waals surface area contributed by atoms with E-state index in [1.54, 1.807) is 54.6 Å². The molecule has 1 unspecified atom stereocenters. The monoisotopic (exact) mass is 442 g/mol. The minimum absolute atomic E-state index is 0.0342. The van der Waals surface area contributed by atoms with Gasteiger partial charge < -0.3 is 10.6 Å².